The van der Waals surface area contributed by atoms with E-state index in [-0.39, 0.29) is 19.0 Å². The van der Waals surface area contributed by atoms with Crippen molar-refractivity contribution in [2.75, 3.05) is 12.3 Å². The quantitative estimate of drug-likeness (QED) is 0.659. The van der Waals surface area contributed by atoms with Gasteiger partial charge in [0, 0.05) is 12.6 Å². The molecule has 1 aromatic heterocycles. The van der Waals surface area contributed by atoms with Crippen molar-refractivity contribution in [1.29, 1.82) is 0 Å². The van der Waals surface area contributed by atoms with Gasteiger partial charge >= 0.3 is 12.0 Å². The fraction of sp³-hybridized carbons (Fsp3) is 0.375. The first-order valence-corrected chi connectivity index (χ1v) is 4.11. The van der Waals surface area contributed by atoms with Crippen molar-refractivity contribution < 1.29 is 14.6 Å². The molecule has 76 valence electrons. The highest BCUT2D eigenvalue weighted by Gasteiger charge is 1.99. The standard InChI is InChI=1S/C8H11N3O3/c9-6-3-4-10-8(11-6)14-5-1-2-7(12)13/h3-4H,1-2,5H2,(H,12,13)(H2,9,10,11). The highest BCUT2D eigenvalue weighted by Crippen LogP contribution is 2.04. The number of carbonyl (C=O) groups is 1. The van der Waals surface area contributed by atoms with Gasteiger partial charge in [0.05, 0.1) is 6.61 Å². The fourth-order valence-electron chi connectivity index (χ4n) is 0.810. The number of aromatic nitrogens is 2. The van der Waals surface area contributed by atoms with Crippen molar-refractivity contribution in [3.63, 3.8) is 0 Å². The number of anilines is 1. The van der Waals surface area contributed by atoms with Gasteiger partial charge in [0.1, 0.15) is 5.82 Å². The third-order valence-corrected chi connectivity index (χ3v) is 1.42. The molecule has 3 N–H and O–H groups in total. The zero-order valence-electron chi connectivity index (χ0n) is 7.51. The predicted octanol–water partition coefficient (Wildman–Crippen LogP) is 0.302. The summed E-state index contributed by atoms with van der Waals surface area (Å²) in [5, 5.41) is 8.35. The van der Waals surface area contributed by atoms with Gasteiger partial charge in [-0.05, 0) is 12.5 Å². The van der Waals surface area contributed by atoms with E-state index in [1.807, 2.05) is 0 Å². The number of aliphatic carboxylic acids is 1. The maximum atomic E-state index is 10.2. The van der Waals surface area contributed by atoms with E-state index in [1.54, 1.807) is 6.07 Å². The van der Waals surface area contributed by atoms with Crippen LogP contribution in [0.5, 0.6) is 6.01 Å². The molecule has 1 rings (SSSR count). The van der Waals surface area contributed by atoms with Crippen LogP contribution in [0.1, 0.15) is 12.8 Å². The van der Waals surface area contributed by atoms with Crippen LogP contribution < -0.4 is 10.5 Å². The molecule has 14 heavy (non-hydrogen) atoms. The number of hydrogen-bond acceptors (Lipinski definition) is 5. The first-order valence-electron chi connectivity index (χ1n) is 4.11. The van der Waals surface area contributed by atoms with E-state index in [9.17, 15) is 4.79 Å². The summed E-state index contributed by atoms with van der Waals surface area (Å²) in [5.41, 5.74) is 5.39. The smallest absolute Gasteiger partial charge is 0.318 e. The minimum absolute atomic E-state index is 0.0717. The summed E-state index contributed by atoms with van der Waals surface area (Å²) >= 11 is 0. The molecule has 0 saturated heterocycles. The van der Waals surface area contributed by atoms with Crippen molar-refractivity contribution in [3.8, 4) is 6.01 Å². The number of nitrogens with zero attached hydrogens (tertiary/aromatic N) is 2. The highest BCUT2D eigenvalue weighted by molar-refractivity contribution is 5.66. The molecule has 6 heteroatoms. The summed E-state index contributed by atoms with van der Waals surface area (Å²) in [6, 6.07) is 1.72. The van der Waals surface area contributed by atoms with Crippen LogP contribution in [0.15, 0.2) is 12.3 Å². The number of nitrogen functional groups attached to an aromatic ring is 1. The molecule has 0 bridgehead atoms. The van der Waals surface area contributed by atoms with Crippen LogP contribution in [0.4, 0.5) is 5.82 Å². The fourth-order valence-corrected chi connectivity index (χ4v) is 0.810. The lowest BCUT2D eigenvalue weighted by molar-refractivity contribution is -0.137. The number of carboxylic acids is 1. The summed E-state index contributed by atoms with van der Waals surface area (Å²) < 4.78 is 5.07. The van der Waals surface area contributed by atoms with Gasteiger partial charge in [-0.1, -0.05) is 0 Å². The Bertz CT molecular complexity index is 316. The Morgan fingerprint density at radius 2 is 2.43 bits per heavy atom. The summed E-state index contributed by atoms with van der Waals surface area (Å²) in [6.45, 7) is 0.274. The van der Waals surface area contributed by atoms with Crippen LogP contribution in [-0.2, 0) is 4.79 Å². The summed E-state index contributed by atoms with van der Waals surface area (Å²) in [6.07, 6.45) is 1.98. The minimum Gasteiger partial charge on any atom is -0.481 e. The molecule has 1 heterocycles. The molecular formula is C8H11N3O3. The average molecular weight is 197 g/mol. The van der Waals surface area contributed by atoms with Gasteiger partial charge in [-0.25, -0.2) is 4.98 Å². The molecule has 0 radical (unpaired) electrons. The second-order valence-corrected chi connectivity index (χ2v) is 2.61. The average Bonchev–Trinajstić information content (AvgIpc) is 2.12. The molecule has 0 fully saturated rings. The van der Waals surface area contributed by atoms with Crippen LogP contribution in [0.25, 0.3) is 0 Å². The largest absolute Gasteiger partial charge is 0.481 e. The highest BCUT2D eigenvalue weighted by atomic mass is 16.5. The van der Waals surface area contributed by atoms with Crippen LogP contribution >= 0.6 is 0 Å². The Morgan fingerprint density at radius 3 is 3.07 bits per heavy atom. The molecule has 0 amide bonds. The molecule has 6 nitrogen and oxygen atoms in total. The van der Waals surface area contributed by atoms with Crippen molar-refractivity contribution >= 4 is 11.8 Å². The first-order chi connectivity index (χ1) is 6.68. The maximum Gasteiger partial charge on any atom is 0.318 e. The van der Waals surface area contributed by atoms with Gasteiger partial charge in [-0.2, -0.15) is 4.98 Å². The lowest BCUT2D eigenvalue weighted by atomic mass is 10.3. The predicted molar refractivity (Wildman–Crippen MR) is 48.8 cm³/mol. The molecule has 0 saturated carbocycles. The van der Waals surface area contributed by atoms with E-state index in [0.717, 1.165) is 0 Å². The van der Waals surface area contributed by atoms with Crippen LogP contribution in [0.3, 0.4) is 0 Å². The number of rotatable bonds is 5. The van der Waals surface area contributed by atoms with Crippen molar-refractivity contribution in [1.82, 2.24) is 9.97 Å². The molecule has 0 unspecified atom stereocenters. The zero-order chi connectivity index (χ0) is 10.4. The second-order valence-electron chi connectivity index (χ2n) is 2.61. The summed E-state index contributed by atoms with van der Waals surface area (Å²) in [4.78, 5) is 17.7. The Hall–Kier alpha value is -1.85. The topological polar surface area (TPSA) is 98.3 Å². The third-order valence-electron chi connectivity index (χ3n) is 1.42. The molecule has 1 aromatic rings. The Morgan fingerprint density at radius 1 is 1.64 bits per heavy atom. The van der Waals surface area contributed by atoms with Crippen LogP contribution in [-0.4, -0.2) is 27.7 Å². The molecule has 0 atom stereocenters. The van der Waals surface area contributed by atoms with Gasteiger partial charge in [-0.15, -0.1) is 0 Å². The SMILES string of the molecule is Nc1ccnc(OCCCC(=O)O)n1. The maximum absolute atomic E-state index is 10.2. The molecule has 0 spiro atoms. The van der Waals surface area contributed by atoms with Gasteiger partial charge in [0.25, 0.3) is 0 Å². The Kier molecular flexibility index (Phi) is 3.66. The third kappa shape index (κ3) is 3.70. The number of nitrogens with two attached hydrogens (primary N) is 1. The van der Waals surface area contributed by atoms with Crippen LogP contribution in [0, 0.1) is 0 Å². The second kappa shape index (κ2) is 5.00. The van der Waals surface area contributed by atoms with Crippen molar-refractivity contribution in [2.45, 2.75) is 12.8 Å². The molecular weight excluding hydrogens is 186 g/mol. The number of hydrogen-bond donors (Lipinski definition) is 2. The van der Waals surface area contributed by atoms with E-state index in [1.165, 1.54) is 6.20 Å². The van der Waals surface area contributed by atoms with E-state index in [4.69, 9.17) is 15.6 Å². The van der Waals surface area contributed by atoms with Gasteiger partial charge in [0.15, 0.2) is 0 Å². The van der Waals surface area contributed by atoms with Crippen molar-refractivity contribution in [3.05, 3.63) is 12.3 Å². The van der Waals surface area contributed by atoms with Gasteiger partial charge < -0.3 is 15.6 Å². The van der Waals surface area contributed by atoms with E-state index in [2.05, 4.69) is 9.97 Å². The summed E-state index contributed by atoms with van der Waals surface area (Å²) in [5.74, 6) is -0.518. The minimum atomic E-state index is -0.845. The monoisotopic (exact) mass is 197 g/mol. The first kappa shape index (κ1) is 10.2. The van der Waals surface area contributed by atoms with Gasteiger partial charge in [-0.3, -0.25) is 4.79 Å². The number of ether oxygens (including phenoxy) is 1. The molecule has 0 aliphatic carbocycles. The number of carboxylic acid groups (broad SMARTS) is 1. The Balaban J connectivity index is 2.28. The van der Waals surface area contributed by atoms with E-state index in [0.29, 0.717) is 12.2 Å². The van der Waals surface area contributed by atoms with Crippen LogP contribution in [0.2, 0.25) is 0 Å². The summed E-state index contributed by atoms with van der Waals surface area (Å²) in [7, 11) is 0. The normalized spacial score (nSPS) is 9.71. The zero-order valence-corrected chi connectivity index (χ0v) is 7.51. The molecule has 0 aliphatic rings. The van der Waals surface area contributed by atoms with Gasteiger partial charge in [0.2, 0.25) is 0 Å². The molecule has 0 aromatic carbocycles. The van der Waals surface area contributed by atoms with Crippen molar-refractivity contribution in [2.24, 2.45) is 0 Å². The Labute approximate surface area is 80.7 Å². The van der Waals surface area contributed by atoms with E-state index < -0.39 is 5.97 Å². The molecule has 0 aliphatic heterocycles. The lowest BCUT2D eigenvalue weighted by Gasteiger charge is -2.02. The lowest BCUT2D eigenvalue weighted by Crippen LogP contribution is -2.05. The van der Waals surface area contributed by atoms with E-state index >= 15 is 0 Å².